The molecule has 0 amide bonds. The van der Waals surface area contributed by atoms with E-state index in [0.717, 1.165) is 9.39 Å². The molecule has 1 aromatic carbocycles. The highest BCUT2D eigenvalue weighted by Gasteiger charge is 2.01. The van der Waals surface area contributed by atoms with Crippen LogP contribution in [0.5, 0.6) is 0 Å². The largest absolute Gasteiger partial charge is 0.154 e. The van der Waals surface area contributed by atoms with Crippen LogP contribution in [0.1, 0.15) is 5.69 Å². The molecule has 1 heterocycles. The number of hydrogen-bond acceptors (Lipinski definition) is 2. The lowest BCUT2D eigenvalue weighted by molar-refractivity contribution is 0.981. The minimum atomic E-state index is 0.966. The van der Waals surface area contributed by atoms with Crippen molar-refractivity contribution in [3.63, 3.8) is 0 Å². The molecule has 0 saturated carbocycles. The lowest BCUT2D eigenvalue weighted by Crippen LogP contribution is -1.91. The van der Waals surface area contributed by atoms with Crippen LogP contribution in [0.4, 0.5) is 0 Å². The van der Waals surface area contributed by atoms with Gasteiger partial charge in [-0.3, -0.25) is 0 Å². The van der Waals surface area contributed by atoms with Crippen molar-refractivity contribution in [2.45, 2.75) is 6.92 Å². The molecule has 2 aromatic rings. The zero-order valence-electron chi connectivity index (χ0n) is 6.58. The van der Waals surface area contributed by atoms with Gasteiger partial charge in [0.2, 0.25) is 0 Å². The fourth-order valence-electron chi connectivity index (χ4n) is 1.21. The highest BCUT2D eigenvalue weighted by Crippen LogP contribution is 2.19. The molecule has 0 unspecified atom stereocenters. The molecule has 0 atom stereocenters. The van der Waals surface area contributed by atoms with E-state index in [4.69, 9.17) is 0 Å². The Morgan fingerprint density at radius 1 is 1.08 bits per heavy atom. The fourth-order valence-corrected chi connectivity index (χ4v) is 1.78. The van der Waals surface area contributed by atoms with Gasteiger partial charge >= 0.3 is 0 Å². The SMILES string of the molecule is Cc1nnc(I)c2ccccc12. The van der Waals surface area contributed by atoms with Gasteiger partial charge in [0.05, 0.1) is 5.69 Å². The Hall–Kier alpha value is -0.710. The van der Waals surface area contributed by atoms with Gasteiger partial charge in [-0.05, 0) is 29.5 Å². The van der Waals surface area contributed by atoms with Gasteiger partial charge in [0.25, 0.3) is 0 Å². The van der Waals surface area contributed by atoms with Gasteiger partial charge in [-0.15, -0.1) is 5.10 Å². The van der Waals surface area contributed by atoms with Gasteiger partial charge in [0.1, 0.15) is 3.70 Å². The van der Waals surface area contributed by atoms with Gasteiger partial charge < -0.3 is 0 Å². The molecule has 0 bridgehead atoms. The van der Waals surface area contributed by atoms with Crippen LogP contribution in [0.25, 0.3) is 10.8 Å². The molecule has 0 aliphatic carbocycles. The Labute approximate surface area is 84.1 Å². The summed E-state index contributed by atoms with van der Waals surface area (Å²) in [4.78, 5) is 0. The van der Waals surface area contributed by atoms with E-state index in [-0.39, 0.29) is 0 Å². The maximum atomic E-state index is 4.05. The summed E-state index contributed by atoms with van der Waals surface area (Å²) in [6, 6.07) is 8.18. The summed E-state index contributed by atoms with van der Waals surface area (Å²) < 4.78 is 0.966. The summed E-state index contributed by atoms with van der Waals surface area (Å²) in [7, 11) is 0. The molecule has 1 aromatic heterocycles. The van der Waals surface area contributed by atoms with Crippen molar-refractivity contribution in [3.8, 4) is 0 Å². The van der Waals surface area contributed by atoms with E-state index in [1.165, 1.54) is 10.8 Å². The third-order valence-corrected chi connectivity index (χ3v) is 2.62. The first-order valence-electron chi connectivity index (χ1n) is 3.66. The van der Waals surface area contributed by atoms with Crippen molar-refractivity contribution in [1.82, 2.24) is 10.2 Å². The van der Waals surface area contributed by atoms with Gasteiger partial charge in [0.15, 0.2) is 0 Å². The van der Waals surface area contributed by atoms with E-state index in [2.05, 4.69) is 44.9 Å². The summed E-state index contributed by atoms with van der Waals surface area (Å²) in [6.07, 6.45) is 0. The van der Waals surface area contributed by atoms with Crippen molar-refractivity contribution in [2.24, 2.45) is 0 Å². The number of halogens is 1. The first-order valence-corrected chi connectivity index (χ1v) is 4.74. The smallest absolute Gasteiger partial charge is 0.131 e. The second kappa shape index (κ2) is 2.97. The van der Waals surface area contributed by atoms with Crippen LogP contribution in [0.2, 0.25) is 0 Å². The predicted molar refractivity (Wildman–Crippen MR) is 57.0 cm³/mol. The summed E-state index contributed by atoms with van der Waals surface area (Å²) in [5.41, 5.74) is 0.992. The number of aryl methyl sites for hydroxylation is 1. The van der Waals surface area contributed by atoms with Gasteiger partial charge in [-0.1, -0.05) is 24.3 Å². The molecule has 60 valence electrons. The van der Waals surface area contributed by atoms with Crippen LogP contribution in [-0.4, -0.2) is 10.2 Å². The maximum Gasteiger partial charge on any atom is 0.131 e. The zero-order chi connectivity index (χ0) is 8.55. The molecule has 0 radical (unpaired) electrons. The molecule has 0 N–H and O–H groups in total. The third kappa shape index (κ3) is 1.18. The molecule has 0 fully saturated rings. The Morgan fingerprint density at radius 3 is 2.42 bits per heavy atom. The second-order valence-corrected chi connectivity index (χ2v) is 3.64. The van der Waals surface area contributed by atoms with Gasteiger partial charge in [-0.25, -0.2) is 0 Å². The number of hydrogen-bond donors (Lipinski definition) is 0. The van der Waals surface area contributed by atoms with Crippen LogP contribution in [0.15, 0.2) is 24.3 Å². The number of rotatable bonds is 0. The van der Waals surface area contributed by atoms with Crippen molar-refractivity contribution in [3.05, 3.63) is 33.7 Å². The Morgan fingerprint density at radius 2 is 1.75 bits per heavy atom. The molecule has 0 aliphatic heterocycles. The Bertz CT molecular complexity index is 385. The molecule has 12 heavy (non-hydrogen) atoms. The van der Waals surface area contributed by atoms with Crippen LogP contribution in [-0.2, 0) is 0 Å². The predicted octanol–water partition coefficient (Wildman–Crippen LogP) is 2.54. The maximum absolute atomic E-state index is 4.05. The van der Waals surface area contributed by atoms with Crippen molar-refractivity contribution >= 4 is 33.4 Å². The summed E-state index contributed by atoms with van der Waals surface area (Å²) in [5.74, 6) is 0. The lowest BCUT2D eigenvalue weighted by atomic mass is 10.1. The molecule has 0 saturated heterocycles. The number of nitrogens with zero attached hydrogens (tertiary/aromatic N) is 2. The van der Waals surface area contributed by atoms with Crippen molar-refractivity contribution in [1.29, 1.82) is 0 Å². The molecule has 2 nitrogen and oxygen atoms in total. The summed E-state index contributed by atoms with van der Waals surface area (Å²) in [6.45, 7) is 1.98. The monoisotopic (exact) mass is 270 g/mol. The normalized spacial score (nSPS) is 10.5. The van der Waals surface area contributed by atoms with E-state index in [1.807, 2.05) is 19.1 Å². The Kier molecular flexibility index (Phi) is 1.96. The summed E-state index contributed by atoms with van der Waals surface area (Å²) in [5, 5.41) is 10.5. The number of aromatic nitrogens is 2. The lowest BCUT2D eigenvalue weighted by Gasteiger charge is -2.00. The fraction of sp³-hybridized carbons (Fsp3) is 0.111. The quantitative estimate of drug-likeness (QED) is 0.687. The van der Waals surface area contributed by atoms with Gasteiger partial charge in [-0.2, -0.15) is 5.10 Å². The molecule has 0 aliphatic rings. The van der Waals surface area contributed by atoms with E-state index >= 15 is 0 Å². The van der Waals surface area contributed by atoms with Gasteiger partial charge in [0, 0.05) is 10.8 Å². The Balaban J connectivity index is 2.95. The van der Waals surface area contributed by atoms with E-state index in [9.17, 15) is 0 Å². The highest BCUT2D eigenvalue weighted by atomic mass is 127. The average Bonchev–Trinajstić information content (AvgIpc) is 2.12. The second-order valence-electron chi connectivity index (χ2n) is 2.62. The first-order chi connectivity index (χ1) is 5.79. The minimum absolute atomic E-state index is 0.966. The molecule has 3 heteroatoms. The molecular weight excluding hydrogens is 263 g/mol. The molecular formula is C9H7IN2. The number of benzene rings is 1. The van der Waals surface area contributed by atoms with E-state index in [1.54, 1.807) is 0 Å². The zero-order valence-corrected chi connectivity index (χ0v) is 8.74. The van der Waals surface area contributed by atoms with E-state index < -0.39 is 0 Å². The van der Waals surface area contributed by atoms with Crippen LogP contribution < -0.4 is 0 Å². The molecule has 2 rings (SSSR count). The standard InChI is InChI=1S/C9H7IN2/c1-6-7-4-2-3-5-8(7)9(10)12-11-6/h2-5H,1H3. The number of fused-ring (bicyclic) bond motifs is 1. The highest BCUT2D eigenvalue weighted by molar-refractivity contribution is 14.1. The topological polar surface area (TPSA) is 25.8 Å². The average molecular weight is 270 g/mol. The van der Waals surface area contributed by atoms with Crippen LogP contribution in [0, 0.1) is 10.6 Å². The first kappa shape index (κ1) is 7.91. The van der Waals surface area contributed by atoms with Crippen LogP contribution in [0.3, 0.4) is 0 Å². The third-order valence-electron chi connectivity index (χ3n) is 1.83. The van der Waals surface area contributed by atoms with E-state index in [0.29, 0.717) is 0 Å². The van der Waals surface area contributed by atoms with Crippen molar-refractivity contribution < 1.29 is 0 Å². The van der Waals surface area contributed by atoms with Crippen LogP contribution >= 0.6 is 22.6 Å². The van der Waals surface area contributed by atoms with Crippen molar-refractivity contribution in [2.75, 3.05) is 0 Å². The summed E-state index contributed by atoms with van der Waals surface area (Å²) >= 11 is 2.20. The minimum Gasteiger partial charge on any atom is -0.154 e. The molecule has 0 spiro atoms.